The van der Waals surface area contributed by atoms with Crippen LogP contribution in [0.5, 0.6) is 0 Å². The zero-order valence-corrected chi connectivity index (χ0v) is 9.63. The molecule has 2 heterocycles. The first-order chi connectivity index (χ1) is 8.33. The molecule has 0 saturated carbocycles. The maximum Gasteiger partial charge on any atom is 0.0504 e. The topological polar surface area (TPSA) is 42.1 Å². The van der Waals surface area contributed by atoms with E-state index in [1.54, 1.807) is 6.20 Å². The Bertz CT molecular complexity index is 536. The van der Waals surface area contributed by atoms with E-state index in [1.807, 2.05) is 12.3 Å². The van der Waals surface area contributed by atoms with Gasteiger partial charge in [-0.25, -0.2) is 0 Å². The van der Waals surface area contributed by atoms with E-state index >= 15 is 0 Å². The molecule has 86 valence electrons. The molecule has 2 aromatic rings. The molecule has 0 amide bonds. The molecule has 0 fully saturated rings. The quantitative estimate of drug-likeness (QED) is 0.852. The van der Waals surface area contributed by atoms with Crippen LogP contribution >= 0.6 is 0 Å². The molecule has 1 aliphatic heterocycles. The van der Waals surface area contributed by atoms with Crippen LogP contribution in [0.4, 0.5) is 11.4 Å². The maximum absolute atomic E-state index is 5.75. The van der Waals surface area contributed by atoms with Gasteiger partial charge in [0, 0.05) is 31.2 Å². The average Bonchev–Trinajstić information content (AvgIpc) is 2.73. The van der Waals surface area contributed by atoms with Crippen molar-refractivity contribution in [2.45, 2.75) is 13.0 Å². The normalized spacial score (nSPS) is 13.8. The van der Waals surface area contributed by atoms with Crippen LogP contribution in [0, 0.1) is 0 Å². The molecule has 3 rings (SSSR count). The van der Waals surface area contributed by atoms with Crippen LogP contribution in [0.15, 0.2) is 42.7 Å². The molecule has 1 aromatic heterocycles. The van der Waals surface area contributed by atoms with Crippen molar-refractivity contribution >= 4 is 11.4 Å². The number of pyridine rings is 1. The Kier molecular flexibility index (Phi) is 2.44. The van der Waals surface area contributed by atoms with E-state index < -0.39 is 0 Å². The second-order valence-electron chi connectivity index (χ2n) is 4.43. The number of nitrogen functional groups attached to an aromatic ring is 1. The number of para-hydroxylation sites is 1. The first kappa shape index (κ1) is 10.1. The van der Waals surface area contributed by atoms with Gasteiger partial charge >= 0.3 is 0 Å². The molecule has 0 atom stereocenters. The molecule has 1 aliphatic rings. The summed E-state index contributed by atoms with van der Waals surface area (Å²) in [6, 6.07) is 10.6. The summed E-state index contributed by atoms with van der Waals surface area (Å²) in [7, 11) is 0. The van der Waals surface area contributed by atoms with Gasteiger partial charge in [-0.05, 0) is 29.7 Å². The Morgan fingerprint density at radius 3 is 3.00 bits per heavy atom. The summed E-state index contributed by atoms with van der Waals surface area (Å²) in [6.45, 7) is 1.96. The second-order valence-corrected chi connectivity index (χ2v) is 4.43. The molecule has 0 spiro atoms. The SMILES string of the molecule is Nc1cncc(CN2CCc3ccccc32)c1. The van der Waals surface area contributed by atoms with E-state index in [9.17, 15) is 0 Å². The lowest BCUT2D eigenvalue weighted by molar-refractivity contribution is 0.833. The lowest BCUT2D eigenvalue weighted by Gasteiger charge is -2.19. The highest BCUT2D eigenvalue weighted by Crippen LogP contribution is 2.28. The van der Waals surface area contributed by atoms with Crippen molar-refractivity contribution in [3.8, 4) is 0 Å². The van der Waals surface area contributed by atoms with E-state index in [1.165, 1.54) is 16.8 Å². The third kappa shape index (κ3) is 1.96. The fraction of sp³-hybridized carbons (Fsp3) is 0.214. The molecule has 1 aromatic carbocycles. The summed E-state index contributed by atoms with van der Waals surface area (Å²) in [6.07, 6.45) is 4.70. The first-order valence-corrected chi connectivity index (χ1v) is 5.85. The Morgan fingerprint density at radius 1 is 1.24 bits per heavy atom. The maximum atomic E-state index is 5.75. The predicted molar refractivity (Wildman–Crippen MR) is 69.8 cm³/mol. The highest BCUT2D eigenvalue weighted by atomic mass is 15.1. The summed E-state index contributed by atoms with van der Waals surface area (Å²) in [4.78, 5) is 6.51. The van der Waals surface area contributed by atoms with E-state index in [0.29, 0.717) is 0 Å². The number of hydrogen-bond donors (Lipinski definition) is 1. The van der Waals surface area contributed by atoms with Crippen molar-refractivity contribution in [1.29, 1.82) is 0 Å². The Labute approximate surface area is 101 Å². The van der Waals surface area contributed by atoms with Gasteiger partial charge in [0.1, 0.15) is 0 Å². The standard InChI is InChI=1S/C14H15N3/c15-13-7-11(8-16-9-13)10-17-6-5-12-3-1-2-4-14(12)17/h1-4,7-9H,5-6,10,15H2. The smallest absolute Gasteiger partial charge is 0.0504 e. The van der Waals surface area contributed by atoms with Crippen LogP contribution in [-0.4, -0.2) is 11.5 Å². The minimum atomic E-state index is 0.731. The molecule has 0 bridgehead atoms. The zero-order chi connectivity index (χ0) is 11.7. The van der Waals surface area contributed by atoms with Gasteiger partial charge in [0.25, 0.3) is 0 Å². The van der Waals surface area contributed by atoms with Crippen molar-refractivity contribution in [2.75, 3.05) is 17.2 Å². The molecule has 17 heavy (non-hydrogen) atoms. The van der Waals surface area contributed by atoms with Gasteiger partial charge in [-0.15, -0.1) is 0 Å². The molecule has 0 unspecified atom stereocenters. The van der Waals surface area contributed by atoms with Gasteiger partial charge in [0.2, 0.25) is 0 Å². The fourth-order valence-corrected chi connectivity index (χ4v) is 2.39. The average molecular weight is 225 g/mol. The zero-order valence-electron chi connectivity index (χ0n) is 9.63. The van der Waals surface area contributed by atoms with Crippen LogP contribution in [0.2, 0.25) is 0 Å². The molecule has 0 radical (unpaired) electrons. The Hall–Kier alpha value is -2.03. The van der Waals surface area contributed by atoms with Crippen molar-refractivity contribution < 1.29 is 0 Å². The third-order valence-electron chi connectivity index (χ3n) is 3.17. The fourth-order valence-electron chi connectivity index (χ4n) is 2.39. The summed E-state index contributed by atoms with van der Waals surface area (Å²) in [5.41, 5.74) is 10.4. The number of nitrogens with two attached hydrogens (primary N) is 1. The highest BCUT2D eigenvalue weighted by Gasteiger charge is 2.18. The van der Waals surface area contributed by atoms with E-state index in [4.69, 9.17) is 5.73 Å². The highest BCUT2D eigenvalue weighted by molar-refractivity contribution is 5.58. The molecular weight excluding hydrogens is 210 g/mol. The van der Waals surface area contributed by atoms with Crippen LogP contribution in [-0.2, 0) is 13.0 Å². The van der Waals surface area contributed by atoms with Crippen LogP contribution in [0.3, 0.4) is 0 Å². The molecule has 2 N–H and O–H groups in total. The number of rotatable bonds is 2. The summed E-state index contributed by atoms with van der Waals surface area (Å²) >= 11 is 0. The lowest BCUT2D eigenvalue weighted by atomic mass is 10.2. The van der Waals surface area contributed by atoms with Crippen molar-refractivity contribution in [2.24, 2.45) is 0 Å². The number of hydrogen-bond acceptors (Lipinski definition) is 3. The number of nitrogens with zero attached hydrogens (tertiary/aromatic N) is 2. The van der Waals surface area contributed by atoms with Crippen LogP contribution in [0.25, 0.3) is 0 Å². The number of benzene rings is 1. The molecule has 0 saturated heterocycles. The van der Waals surface area contributed by atoms with E-state index in [2.05, 4.69) is 34.1 Å². The lowest BCUT2D eigenvalue weighted by Crippen LogP contribution is -2.19. The van der Waals surface area contributed by atoms with Gasteiger partial charge in [-0.2, -0.15) is 0 Å². The third-order valence-corrected chi connectivity index (χ3v) is 3.17. The van der Waals surface area contributed by atoms with Crippen LogP contribution in [0.1, 0.15) is 11.1 Å². The Balaban J connectivity index is 1.84. The summed E-state index contributed by atoms with van der Waals surface area (Å²) in [5, 5.41) is 0. The number of anilines is 2. The molecule has 3 heteroatoms. The van der Waals surface area contributed by atoms with Gasteiger partial charge in [-0.3, -0.25) is 4.98 Å². The predicted octanol–water partition coefficient (Wildman–Crippen LogP) is 2.23. The van der Waals surface area contributed by atoms with Gasteiger partial charge < -0.3 is 10.6 Å². The minimum Gasteiger partial charge on any atom is -0.397 e. The molecule has 0 aliphatic carbocycles. The number of aromatic nitrogens is 1. The number of fused-ring (bicyclic) bond motifs is 1. The minimum absolute atomic E-state index is 0.731. The summed E-state index contributed by atoms with van der Waals surface area (Å²) < 4.78 is 0. The van der Waals surface area contributed by atoms with Crippen molar-refractivity contribution in [3.63, 3.8) is 0 Å². The summed E-state index contributed by atoms with van der Waals surface area (Å²) in [5.74, 6) is 0. The van der Waals surface area contributed by atoms with Gasteiger partial charge in [0.05, 0.1) is 5.69 Å². The van der Waals surface area contributed by atoms with E-state index in [0.717, 1.165) is 25.2 Å². The van der Waals surface area contributed by atoms with E-state index in [-0.39, 0.29) is 0 Å². The molecular formula is C14H15N3. The van der Waals surface area contributed by atoms with Crippen molar-refractivity contribution in [3.05, 3.63) is 53.9 Å². The molecule has 3 nitrogen and oxygen atoms in total. The van der Waals surface area contributed by atoms with Crippen molar-refractivity contribution in [1.82, 2.24) is 4.98 Å². The Morgan fingerprint density at radius 2 is 2.12 bits per heavy atom. The monoisotopic (exact) mass is 225 g/mol. The van der Waals surface area contributed by atoms with Gasteiger partial charge in [0.15, 0.2) is 0 Å². The van der Waals surface area contributed by atoms with Gasteiger partial charge in [-0.1, -0.05) is 18.2 Å². The van der Waals surface area contributed by atoms with Crippen LogP contribution < -0.4 is 10.6 Å². The second kappa shape index (κ2) is 4.09. The largest absolute Gasteiger partial charge is 0.397 e. The first-order valence-electron chi connectivity index (χ1n) is 5.85.